The number of rotatable bonds is 4. The lowest BCUT2D eigenvalue weighted by molar-refractivity contribution is 0.367. The lowest BCUT2D eigenvalue weighted by atomic mass is 9.98. The van der Waals surface area contributed by atoms with Crippen LogP contribution in [0.5, 0.6) is 0 Å². The summed E-state index contributed by atoms with van der Waals surface area (Å²) in [5.74, 6) is 0.695. The summed E-state index contributed by atoms with van der Waals surface area (Å²) < 4.78 is 2.13. The van der Waals surface area contributed by atoms with Crippen LogP contribution < -0.4 is 10.4 Å². The van der Waals surface area contributed by atoms with Crippen molar-refractivity contribution in [3.05, 3.63) is 44.3 Å². The van der Waals surface area contributed by atoms with Gasteiger partial charge in [-0.05, 0) is 24.0 Å². The Labute approximate surface area is 124 Å². The summed E-state index contributed by atoms with van der Waals surface area (Å²) >= 11 is 4.60. The molecule has 19 heavy (non-hydrogen) atoms. The molecule has 1 unspecified atom stereocenters. The van der Waals surface area contributed by atoms with Crippen LogP contribution in [0.4, 0.5) is 0 Å². The second-order valence-electron chi connectivity index (χ2n) is 4.94. The minimum Gasteiger partial charge on any atom is -0.269 e. The van der Waals surface area contributed by atoms with Crippen LogP contribution in [-0.2, 0) is 6.54 Å². The Morgan fingerprint density at radius 3 is 2.58 bits per heavy atom. The fourth-order valence-electron chi connectivity index (χ4n) is 1.94. The van der Waals surface area contributed by atoms with Crippen molar-refractivity contribution in [1.82, 2.24) is 4.57 Å². The highest BCUT2D eigenvalue weighted by Crippen LogP contribution is 2.16. The average Bonchev–Trinajstić information content (AvgIpc) is 2.38. The van der Waals surface area contributed by atoms with Crippen LogP contribution in [-0.4, -0.2) is 9.90 Å². The third-order valence-electron chi connectivity index (χ3n) is 3.34. The van der Waals surface area contributed by atoms with E-state index in [4.69, 9.17) is 0 Å². The summed E-state index contributed by atoms with van der Waals surface area (Å²) in [5, 5.41) is 1.41. The van der Waals surface area contributed by atoms with E-state index in [2.05, 4.69) is 29.8 Å². The van der Waals surface area contributed by atoms with Gasteiger partial charge in [-0.15, -0.1) is 0 Å². The lowest BCUT2D eigenvalue weighted by Gasteiger charge is -2.18. The zero-order chi connectivity index (χ0) is 14.0. The molecule has 1 aromatic heterocycles. The van der Waals surface area contributed by atoms with Crippen molar-refractivity contribution < 1.29 is 0 Å². The number of halogens is 1. The van der Waals surface area contributed by atoms with Gasteiger partial charge in [-0.25, -0.2) is 0 Å². The summed E-state index contributed by atoms with van der Waals surface area (Å²) in [4.78, 5) is 24.3. The Bertz CT molecular complexity index is 690. The van der Waals surface area contributed by atoms with E-state index in [1.165, 1.54) is 4.57 Å². The summed E-state index contributed by atoms with van der Waals surface area (Å²) in [7, 11) is 0. The van der Waals surface area contributed by atoms with Crippen molar-refractivity contribution in [2.45, 2.75) is 20.4 Å². The molecule has 0 amide bonds. The van der Waals surface area contributed by atoms with E-state index >= 15 is 0 Å². The lowest BCUT2D eigenvalue weighted by Crippen LogP contribution is -2.35. The molecule has 1 atom stereocenters. The molecule has 5 heteroatoms. The fourth-order valence-corrected chi connectivity index (χ4v) is 3.76. The SMILES string of the molecule is CC(C)C(CBr)Cn1c(=O)sc2ccccc2c1=O. The Morgan fingerprint density at radius 2 is 1.95 bits per heavy atom. The standard InChI is InChI=1S/C14H16BrNO2S/c1-9(2)10(7-15)8-16-13(17)11-5-3-4-6-12(11)19-14(16)18/h3-6,9-10H,7-8H2,1-2H3. The van der Waals surface area contributed by atoms with Crippen molar-refractivity contribution in [2.75, 3.05) is 5.33 Å². The van der Waals surface area contributed by atoms with Crippen LogP contribution in [0.3, 0.4) is 0 Å². The van der Waals surface area contributed by atoms with Gasteiger partial charge < -0.3 is 0 Å². The van der Waals surface area contributed by atoms with E-state index < -0.39 is 0 Å². The first kappa shape index (κ1) is 14.5. The van der Waals surface area contributed by atoms with Gasteiger partial charge in [0.25, 0.3) is 5.56 Å². The maximum absolute atomic E-state index is 12.4. The number of fused-ring (bicyclic) bond motifs is 1. The molecule has 0 bridgehead atoms. The molecule has 0 fully saturated rings. The van der Waals surface area contributed by atoms with Crippen LogP contribution in [0.2, 0.25) is 0 Å². The summed E-state index contributed by atoms with van der Waals surface area (Å²) in [6, 6.07) is 7.27. The topological polar surface area (TPSA) is 39.1 Å². The molecule has 102 valence electrons. The quantitative estimate of drug-likeness (QED) is 0.801. The zero-order valence-corrected chi connectivity index (χ0v) is 13.3. The maximum Gasteiger partial charge on any atom is 0.310 e. The molecule has 0 spiro atoms. The molecule has 0 N–H and O–H groups in total. The fraction of sp³-hybridized carbons (Fsp3) is 0.429. The number of hydrogen-bond donors (Lipinski definition) is 0. The highest BCUT2D eigenvalue weighted by molar-refractivity contribution is 9.09. The molecule has 1 heterocycles. The Hall–Kier alpha value is -0.940. The largest absolute Gasteiger partial charge is 0.310 e. The van der Waals surface area contributed by atoms with Crippen molar-refractivity contribution in [3.8, 4) is 0 Å². The van der Waals surface area contributed by atoms with E-state index in [-0.39, 0.29) is 16.4 Å². The minimum absolute atomic E-state index is 0.171. The molecule has 2 aromatic rings. The normalized spacial score (nSPS) is 13.1. The van der Waals surface area contributed by atoms with Crippen LogP contribution in [0.25, 0.3) is 10.1 Å². The first-order valence-electron chi connectivity index (χ1n) is 6.23. The molecule has 2 rings (SSSR count). The zero-order valence-electron chi connectivity index (χ0n) is 10.9. The average molecular weight is 342 g/mol. The summed E-state index contributed by atoms with van der Waals surface area (Å²) in [5.41, 5.74) is -0.175. The Kier molecular flexibility index (Phi) is 4.58. The monoisotopic (exact) mass is 341 g/mol. The summed E-state index contributed by atoms with van der Waals surface area (Å²) in [6.45, 7) is 4.68. The van der Waals surface area contributed by atoms with E-state index in [1.807, 2.05) is 18.2 Å². The molecule has 3 nitrogen and oxygen atoms in total. The minimum atomic E-state index is -0.175. The first-order valence-corrected chi connectivity index (χ1v) is 8.17. The maximum atomic E-state index is 12.4. The molecule has 0 saturated carbocycles. The predicted octanol–water partition coefficient (Wildman–Crippen LogP) is 3.09. The van der Waals surface area contributed by atoms with Gasteiger partial charge in [-0.1, -0.05) is 53.2 Å². The molecule has 0 aliphatic rings. The van der Waals surface area contributed by atoms with Gasteiger partial charge in [0.2, 0.25) is 0 Å². The van der Waals surface area contributed by atoms with Gasteiger partial charge in [0, 0.05) is 16.6 Å². The molecule has 0 aliphatic heterocycles. The third kappa shape index (κ3) is 2.98. The summed E-state index contributed by atoms with van der Waals surface area (Å²) in [6.07, 6.45) is 0. The third-order valence-corrected chi connectivity index (χ3v) is 5.14. The Morgan fingerprint density at radius 1 is 1.26 bits per heavy atom. The van der Waals surface area contributed by atoms with E-state index in [9.17, 15) is 9.59 Å². The molecular weight excluding hydrogens is 326 g/mol. The van der Waals surface area contributed by atoms with Gasteiger partial charge in [0.15, 0.2) is 0 Å². The van der Waals surface area contributed by atoms with Gasteiger partial charge in [-0.2, -0.15) is 0 Å². The second kappa shape index (κ2) is 6.01. The molecule has 0 radical (unpaired) electrons. The number of nitrogens with zero attached hydrogens (tertiary/aromatic N) is 1. The van der Waals surface area contributed by atoms with Crippen molar-refractivity contribution in [3.63, 3.8) is 0 Å². The van der Waals surface area contributed by atoms with Gasteiger partial charge in [0.05, 0.1) is 5.39 Å². The second-order valence-corrected chi connectivity index (χ2v) is 6.58. The molecule has 0 saturated heterocycles. The van der Waals surface area contributed by atoms with Crippen LogP contribution in [0.15, 0.2) is 33.9 Å². The number of alkyl halides is 1. The van der Waals surface area contributed by atoms with Crippen LogP contribution in [0.1, 0.15) is 13.8 Å². The number of benzene rings is 1. The smallest absolute Gasteiger partial charge is 0.269 e. The van der Waals surface area contributed by atoms with Gasteiger partial charge in [0.1, 0.15) is 0 Å². The van der Waals surface area contributed by atoms with Crippen LogP contribution in [0, 0.1) is 11.8 Å². The molecule has 0 aliphatic carbocycles. The van der Waals surface area contributed by atoms with Crippen LogP contribution >= 0.6 is 27.3 Å². The molecular formula is C14H16BrNO2S. The molecule has 1 aromatic carbocycles. The van der Waals surface area contributed by atoms with Gasteiger partial charge in [-0.3, -0.25) is 14.2 Å². The first-order chi connectivity index (χ1) is 9.04. The predicted molar refractivity (Wildman–Crippen MR) is 84.5 cm³/mol. The number of hydrogen-bond acceptors (Lipinski definition) is 3. The van der Waals surface area contributed by atoms with Crippen molar-refractivity contribution in [2.24, 2.45) is 11.8 Å². The van der Waals surface area contributed by atoms with E-state index in [0.717, 1.165) is 21.4 Å². The number of aromatic nitrogens is 1. The Balaban J connectivity index is 2.55. The van der Waals surface area contributed by atoms with Gasteiger partial charge >= 0.3 is 4.87 Å². The van der Waals surface area contributed by atoms with E-state index in [1.54, 1.807) is 6.07 Å². The van der Waals surface area contributed by atoms with Crippen molar-refractivity contribution in [1.29, 1.82) is 0 Å². The highest BCUT2D eigenvalue weighted by Gasteiger charge is 2.16. The highest BCUT2D eigenvalue weighted by atomic mass is 79.9. The van der Waals surface area contributed by atoms with E-state index in [0.29, 0.717) is 17.8 Å². The van der Waals surface area contributed by atoms with Crippen molar-refractivity contribution >= 4 is 37.4 Å².